The summed E-state index contributed by atoms with van der Waals surface area (Å²) in [4.78, 5) is 12.9. The third-order valence-electron chi connectivity index (χ3n) is 4.47. The van der Waals surface area contributed by atoms with Gasteiger partial charge in [-0.15, -0.1) is 0 Å². The number of para-hydroxylation sites is 2. The fourth-order valence-corrected chi connectivity index (χ4v) is 3.37. The van der Waals surface area contributed by atoms with Crippen LogP contribution in [0, 0.1) is 15.3 Å². The van der Waals surface area contributed by atoms with Crippen molar-refractivity contribution in [3.63, 3.8) is 0 Å². The van der Waals surface area contributed by atoms with Gasteiger partial charge in [0.15, 0.2) is 5.52 Å². The van der Waals surface area contributed by atoms with Gasteiger partial charge in [0, 0.05) is 38.6 Å². The van der Waals surface area contributed by atoms with E-state index in [9.17, 15) is 15.3 Å². The van der Waals surface area contributed by atoms with Crippen molar-refractivity contribution in [2.45, 2.75) is 0 Å². The first kappa shape index (κ1) is 13.7. The van der Waals surface area contributed by atoms with Gasteiger partial charge in [-0.3, -0.25) is 0 Å². The van der Waals surface area contributed by atoms with E-state index in [1.807, 2.05) is 0 Å². The van der Waals surface area contributed by atoms with Crippen LogP contribution in [0.1, 0.15) is 0 Å². The molecule has 0 saturated heterocycles. The van der Waals surface area contributed by atoms with E-state index in [1.54, 1.807) is 48.5 Å². The van der Waals surface area contributed by atoms with Crippen LogP contribution in [0.3, 0.4) is 0 Å². The van der Waals surface area contributed by atoms with Gasteiger partial charge in [0.05, 0.1) is 4.43 Å². The lowest BCUT2D eigenvalue weighted by atomic mass is 10.1. The van der Waals surface area contributed by atoms with Gasteiger partial charge in [0.1, 0.15) is 10.8 Å². The van der Waals surface area contributed by atoms with E-state index in [0.717, 1.165) is 4.73 Å². The molecule has 0 saturated carbocycles. The second-order valence-electron chi connectivity index (χ2n) is 5.84. The molecule has 0 fully saturated rings. The van der Waals surface area contributed by atoms with Crippen LogP contribution >= 0.6 is 0 Å². The Labute approximate surface area is 139 Å². The molecule has 5 aromatic rings. The monoisotopic (exact) mass is 330 g/mol. The van der Waals surface area contributed by atoms with E-state index >= 15 is 0 Å². The van der Waals surface area contributed by atoms with Crippen LogP contribution in [0.2, 0.25) is 0 Å². The van der Waals surface area contributed by atoms with Crippen LogP contribution in [-0.4, -0.2) is 9.83 Å². The molecule has 3 heterocycles. The molecule has 7 nitrogen and oxygen atoms in total. The Morgan fingerprint density at radius 2 is 1.64 bits per heavy atom. The molecule has 0 aliphatic heterocycles. The summed E-state index contributed by atoms with van der Waals surface area (Å²) in [6, 6.07) is 13.7. The van der Waals surface area contributed by atoms with Crippen LogP contribution in [0.25, 0.3) is 43.6 Å². The van der Waals surface area contributed by atoms with Crippen LogP contribution in [-0.2, 0) is 0 Å². The van der Waals surface area contributed by atoms with Crippen LogP contribution in [0.5, 0.6) is 0 Å². The van der Waals surface area contributed by atoms with E-state index in [0.29, 0.717) is 47.4 Å². The largest absolute Gasteiger partial charge is 0.806 e. The Hall–Kier alpha value is -3.74. The molecule has 0 amide bonds. The van der Waals surface area contributed by atoms with Crippen LogP contribution in [0.4, 0.5) is 0 Å². The minimum Gasteiger partial charge on any atom is -0.806 e. The summed E-state index contributed by atoms with van der Waals surface area (Å²) in [6.07, 6.45) is 2.69. The quantitative estimate of drug-likeness (QED) is 0.248. The molecule has 0 unspecified atom stereocenters. The number of benzene rings is 2. The van der Waals surface area contributed by atoms with Gasteiger partial charge in [-0.2, -0.15) is 0 Å². The second kappa shape index (κ2) is 4.64. The molecule has 25 heavy (non-hydrogen) atoms. The first-order valence-corrected chi connectivity index (χ1v) is 7.64. The maximum absolute atomic E-state index is 12.7. The Morgan fingerprint density at radius 1 is 0.920 bits per heavy atom. The lowest BCUT2D eigenvalue weighted by Gasteiger charge is -2.16. The first-order chi connectivity index (χ1) is 12.1. The molecule has 5 rings (SSSR count). The third-order valence-corrected chi connectivity index (χ3v) is 4.47. The van der Waals surface area contributed by atoms with Crippen LogP contribution < -0.4 is 9.27 Å². The Balaban J connectivity index is 2.15. The van der Waals surface area contributed by atoms with Crippen molar-refractivity contribution in [2.24, 2.45) is 0 Å². The van der Waals surface area contributed by atoms with E-state index in [4.69, 9.17) is 0 Å². The highest BCUT2D eigenvalue weighted by molar-refractivity contribution is 6.15. The zero-order valence-corrected chi connectivity index (χ0v) is 12.8. The van der Waals surface area contributed by atoms with Gasteiger partial charge in [0.2, 0.25) is 6.20 Å². The average Bonchev–Trinajstić information content (AvgIpc) is 2.63. The van der Waals surface area contributed by atoms with Crippen molar-refractivity contribution < 1.29 is 9.27 Å². The predicted molar refractivity (Wildman–Crippen MR) is 93.3 cm³/mol. The van der Waals surface area contributed by atoms with Crippen molar-refractivity contribution in [1.29, 1.82) is 0 Å². The highest BCUT2D eigenvalue weighted by atomic mass is 16.5. The maximum Gasteiger partial charge on any atom is 0.276 e. The molecule has 0 atom stereocenters. The van der Waals surface area contributed by atoms with Gasteiger partial charge in [-0.05, 0) is 17.0 Å². The number of nitrogens with zero attached hydrogens (tertiary/aromatic N) is 4. The molecule has 0 spiro atoms. The van der Waals surface area contributed by atoms with Gasteiger partial charge < -0.3 is 15.1 Å². The lowest BCUT2D eigenvalue weighted by molar-refractivity contribution is -0.639. The van der Waals surface area contributed by atoms with E-state index in [-0.39, 0.29) is 5.52 Å². The number of aromatic nitrogens is 4. The Morgan fingerprint density at radius 3 is 2.48 bits per heavy atom. The topological polar surface area (TPSA) is 90.8 Å². The van der Waals surface area contributed by atoms with E-state index in [1.165, 1.54) is 12.4 Å². The zero-order chi connectivity index (χ0) is 17.1. The molecule has 3 aromatic heterocycles. The van der Waals surface area contributed by atoms with Gasteiger partial charge in [-0.1, -0.05) is 30.3 Å². The van der Waals surface area contributed by atoms with Crippen molar-refractivity contribution in [2.75, 3.05) is 0 Å². The SMILES string of the molecule is O=[n+]1cc2c3cn([O-])c4ccccc4c3n[n+]([O-])c2c2ccccc21. The van der Waals surface area contributed by atoms with E-state index < -0.39 is 0 Å². The summed E-state index contributed by atoms with van der Waals surface area (Å²) >= 11 is 0. The summed E-state index contributed by atoms with van der Waals surface area (Å²) in [7, 11) is 0. The average molecular weight is 330 g/mol. The fourth-order valence-electron chi connectivity index (χ4n) is 3.37. The lowest BCUT2D eigenvalue weighted by Crippen LogP contribution is -2.33. The smallest absolute Gasteiger partial charge is 0.276 e. The molecule has 0 N–H and O–H groups in total. The Bertz CT molecular complexity index is 1390. The third kappa shape index (κ3) is 1.74. The molecule has 0 aliphatic rings. The molecular formula is C18H10N4O3. The highest BCUT2D eigenvalue weighted by Gasteiger charge is 2.23. The molecule has 7 heteroatoms. The molecule has 0 bridgehead atoms. The Kier molecular flexibility index (Phi) is 2.54. The van der Waals surface area contributed by atoms with Crippen molar-refractivity contribution in [3.05, 3.63) is 76.2 Å². The summed E-state index contributed by atoms with van der Waals surface area (Å²) in [5.41, 5.74) is 1.44. The van der Waals surface area contributed by atoms with Crippen molar-refractivity contribution in [1.82, 2.24) is 9.83 Å². The first-order valence-electron chi connectivity index (χ1n) is 7.64. The number of hydrogen-bond donors (Lipinski definition) is 0. The summed E-state index contributed by atoms with van der Waals surface area (Å²) in [6.45, 7) is 0. The molecule has 2 aromatic carbocycles. The minimum absolute atomic E-state index is 0.269. The second-order valence-corrected chi connectivity index (χ2v) is 5.84. The zero-order valence-electron chi connectivity index (χ0n) is 12.8. The van der Waals surface area contributed by atoms with Gasteiger partial charge in [-0.25, -0.2) is 0 Å². The standard InChI is InChI=1S/C18H10N4O3/c23-20-9-13-14-10-21(24)16-8-4-2-6-12(16)18(14)22(25)19-17(13)11-5-1-3-7-15(11)20/h1-10H. The number of pyridine rings is 2. The normalized spacial score (nSPS) is 11.7. The van der Waals surface area contributed by atoms with Crippen LogP contribution in [0.15, 0.2) is 60.9 Å². The summed E-state index contributed by atoms with van der Waals surface area (Å²) < 4.78 is 1.44. The number of hydrogen-bond acceptors (Lipinski definition) is 4. The van der Waals surface area contributed by atoms with E-state index in [2.05, 4.69) is 5.10 Å². The predicted octanol–water partition coefficient (Wildman–Crippen LogP) is 2.39. The van der Waals surface area contributed by atoms with Crippen molar-refractivity contribution in [3.8, 4) is 0 Å². The molecular weight excluding hydrogens is 320 g/mol. The molecule has 0 aliphatic carbocycles. The summed E-state index contributed by atoms with van der Waals surface area (Å²) in [5.74, 6) is 0. The molecule has 0 radical (unpaired) electrons. The van der Waals surface area contributed by atoms with Gasteiger partial charge in [0.25, 0.3) is 11.0 Å². The van der Waals surface area contributed by atoms with Crippen molar-refractivity contribution >= 4 is 43.6 Å². The highest BCUT2D eigenvalue weighted by Crippen LogP contribution is 2.29. The fraction of sp³-hybridized carbons (Fsp3) is 0. The number of fused-ring (bicyclic) bond motifs is 7. The maximum atomic E-state index is 12.7. The number of rotatable bonds is 0. The summed E-state index contributed by atoms with van der Waals surface area (Å²) in [5, 5.41) is 31.1. The van der Waals surface area contributed by atoms with Gasteiger partial charge >= 0.3 is 0 Å². The minimum atomic E-state index is 0.269. The molecule has 120 valence electrons.